The van der Waals surface area contributed by atoms with Gasteiger partial charge in [0.1, 0.15) is 24.5 Å². The Morgan fingerprint density at radius 3 is 2.68 bits per heavy atom. The molecule has 0 unspecified atom stereocenters. The molecule has 2 aromatic heterocycles. The SMILES string of the molecule is CN(C)c1ncc(-c2ccc3c(c2)CN(c2ncnc4c2CC(C)(C)CC4)CCO3)cc1NS(C)(=O)=O. The summed E-state index contributed by atoms with van der Waals surface area (Å²) >= 11 is 0. The second-order valence-corrected chi connectivity index (χ2v) is 12.7. The van der Waals surface area contributed by atoms with Crippen LogP contribution in [0.2, 0.25) is 0 Å². The molecular formula is C27H34N6O3S. The Kier molecular flexibility index (Phi) is 6.47. The van der Waals surface area contributed by atoms with E-state index in [-0.39, 0.29) is 5.41 Å². The van der Waals surface area contributed by atoms with E-state index in [1.165, 1.54) is 5.56 Å². The molecule has 1 aliphatic carbocycles. The predicted octanol–water partition coefficient (Wildman–Crippen LogP) is 3.89. The number of aromatic nitrogens is 3. The summed E-state index contributed by atoms with van der Waals surface area (Å²) in [6.07, 6.45) is 7.65. The van der Waals surface area contributed by atoms with E-state index in [0.717, 1.165) is 66.0 Å². The maximum atomic E-state index is 12.0. The fourth-order valence-corrected chi connectivity index (χ4v) is 5.68. The normalized spacial score (nSPS) is 16.7. The summed E-state index contributed by atoms with van der Waals surface area (Å²) in [7, 11) is 0.200. The molecule has 9 nitrogen and oxygen atoms in total. The number of nitrogens with zero attached hydrogens (tertiary/aromatic N) is 5. The quantitative estimate of drug-likeness (QED) is 0.539. The molecule has 0 atom stereocenters. The van der Waals surface area contributed by atoms with Crippen LogP contribution in [-0.4, -0.2) is 56.9 Å². The molecule has 3 aromatic rings. The first-order chi connectivity index (χ1) is 17.5. The van der Waals surface area contributed by atoms with Crippen molar-refractivity contribution in [3.63, 3.8) is 0 Å². The fraction of sp³-hybridized carbons (Fsp3) is 0.444. The van der Waals surface area contributed by atoms with Crippen LogP contribution in [0.3, 0.4) is 0 Å². The molecule has 2 aliphatic rings. The van der Waals surface area contributed by atoms with Crippen LogP contribution in [0.25, 0.3) is 11.1 Å². The highest BCUT2D eigenvalue weighted by atomic mass is 32.2. The van der Waals surface area contributed by atoms with Gasteiger partial charge in [-0.2, -0.15) is 0 Å². The number of anilines is 3. The molecule has 0 fully saturated rings. The maximum Gasteiger partial charge on any atom is 0.229 e. The lowest BCUT2D eigenvalue weighted by molar-refractivity contribution is 0.310. The average Bonchev–Trinajstić information content (AvgIpc) is 3.03. The number of aryl methyl sites for hydroxylation is 1. The molecule has 196 valence electrons. The Labute approximate surface area is 219 Å². The highest BCUT2D eigenvalue weighted by Crippen LogP contribution is 2.39. The van der Waals surface area contributed by atoms with E-state index in [4.69, 9.17) is 9.72 Å². The minimum Gasteiger partial charge on any atom is -0.491 e. The highest BCUT2D eigenvalue weighted by molar-refractivity contribution is 7.92. The van der Waals surface area contributed by atoms with Gasteiger partial charge in [-0.1, -0.05) is 19.9 Å². The van der Waals surface area contributed by atoms with E-state index >= 15 is 0 Å². The predicted molar refractivity (Wildman–Crippen MR) is 147 cm³/mol. The first-order valence-corrected chi connectivity index (χ1v) is 14.4. The van der Waals surface area contributed by atoms with E-state index in [2.05, 4.69) is 39.5 Å². The van der Waals surface area contributed by atoms with Gasteiger partial charge in [0.25, 0.3) is 0 Å². The van der Waals surface area contributed by atoms with Gasteiger partial charge in [-0.25, -0.2) is 23.4 Å². The van der Waals surface area contributed by atoms with Gasteiger partial charge < -0.3 is 14.5 Å². The van der Waals surface area contributed by atoms with Crippen molar-refractivity contribution < 1.29 is 13.2 Å². The molecule has 1 N–H and O–H groups in total. The van der Waals surface area contributed by atoms with Crippen LogP contribution in [-0.2, 0) is 29.4 Å². The number of sulfonamides is 1. The number of ether oxygens (including phenoxy) is 1. The molecular weight excluding hydrogens is 488 g/mol. The molecule has 5 rings (SSSR count). The molecule has 0 saturated carbocycles. The topological polar surface area (TPSA) is 101 Å². The summed E-state index contributed by atoms with van der Waals surface area (Å²) in [4.78, 5) is 17.9. The lowest BCUT2D eigenvalue weighted by Crippen LogP contribution is -2.31. The van der Waals surface area contributed by atoms with Gasteiger partial charge in [-0.15, -0.1) is 0 Å². The molecule has 3 heterocycles. The van der Waals surface area contributed by atoms with Gasteiger partial charge in [0.05, 0.1) is 18.5 Å². The van der Waals surface area contributed by atoms with Crippen LogP contribution in [0, 0.1) is 5.41 Å². The first kappa shape index (κ1) is 25.3. The first-order valence-electron chi connectivity index (χ1n) is 12.5. The van der Waals surface area contributed by atoms with Crippen molar-refractivity contribution in [2.45, 2.75) is 39.7 Å². The Bertz CT molecular complexity index is 1440. The van der Waals surface area contributed by atoms with Crippen molar-refractivity contribution in [1.29, 1.82) is 0 Å². The minimum absolute atomic E-state index is 0.226. The van der Waals surface area contributed by atoms with Crippen LogP contribution < -0.4 is 19.3 Å². The van der Waals surface area contributed by atoms with E-state index in [1.807, 2.05) is 32.3 Å². The van der Waals surface area contributed by atoms with Gasteiger partial charge in [0.2, 0.25) is 10.0 Å². The smallest absolute Gasteiger partial charge is 0.229 e. The van der Waals surface area contributed by atoms with Crippen molar-refractivity contribution in [3.8, 4) is 16.9 Å². The molecule has 0 amide bonds. The van der Waals surface area contributed by atoms with Crippen molar-refractivity contribution in [3.05, 3.63) is 53.6 Å². The zero-order valence-corrected chi connectivity index (χ0v) is 22.9. The number of fused-ring (bicyclic) bond motifs is 2. The second-order valence-electron chi connectivity index (χ2n) is 10.9. The number of pyridine rings is 1. The number of rotatable bonds is 5. The monoisotopic (exact) mass is 522 g/mol. The van der Waals surface area contributed by atoms with Crippen LogP contribution >= 0.6 is 0 Å². The van der Waals surface area contributed by atoms with Crippen LogP contribution in [0.5, 0.6) is 5.75 Å². The Balaban J connectivity index is 1.50. The third-order valence-corrected chi connectivity index (χ3v) is 7.56. The fourth-order valence-electron chi connectivity index (χ4n) is 5.13. The van der Waals surface area contributed by atoms with Crippen LogP contribution in [0.4, 0.5) is 17.3 Å². The van der Waals surface area contributed by atoms with Gasteiger partial charge in [0, 0.05) is 49.2 Å². The maximum absolute atomic E-state index is 12.0. The number of benzene rings is 1. The molecule has 1 aromatic carbocycles. The number of hydrogen-bond acceptors (Lipinski definition) is 8. The Morgan fingerprint density at radius 1 is 1.11 bits per heavy atom. The zero-order chi connectivity index (χ0) is 26.4. The number of nitrogens with one attached hydrogen (secondary N) is 1. The average molecular weight is 523 g/mol. The zero-order valence-electron chi connectivity index (χ0n) is 22.1. The van der Waals surface area contributed by atoms with Gasteiger partial charge in [-0.3, -0.25) is 4.72 Å². The molecule has 0 bridgehead atoms. The van der Waals surface area contributed by atoms with Crippen molar-refractivity contribution >= 4 is 27.3 Å². The second kappa shape index (κ2) is 9.48. The van der Waals surface area contributed by atoms with Gasteiger partial charge >= 0.3 is 0 Å². The number of hydrogen-bond donors (Lipinski definition) is 1. The Hall–Kier alpha value is -3.40. The summed E-state index contributed by atoms with van der Waals surface area (Å²) in [5.74, 6) is 2.40. The lowest BCUT2D eigenvalue weighted by Gasteiger charge is -2.33. The standard InChI is InChI=1S/C27H34N6O3S/c1-27(2)9-8-22-21(14-27)25(30-17-29-22)33-10-11-36-24-7-6-18(12-20(24)16-33)19-13-23(31-37(5,34)35)26(28-15-19)32(3)4/h6-7,12-13,15,17,31H,8-11,14,16H2,1-5H3. The van der Waals surface area contributed by atoms with E-state index in [0.29, 0.717) is 24.7 Å². The molecule has 10 heteroatoms. The van der Waals surface area contributed by atoms with E-state index in [9.17, 15) is 8.42 Å². The molecule has 37 heavy (non-hydrogen) atoms. The summed E-state index contributed by atoms with van der Waals surface area (Å²) in [6, 6.07) is 7.89. The van der Waals surface area contributed by atoms with E-state index < -0.39 is 10.0 Å². The molecule has 0 radical (unpaired) electrons. The highest BCUT2D eigenvalue weighted by Gasteiger charge is 2.30. The summed E-state index contributed by atoms with van der Waals surface area (Å²) in [5.41, 5.74) is 5.86. The molecule has 1 aliphatic heterocycles. The summed E-state index contributed by atoms with van der Waals surface area (Å²) < 4.78 is 32.7. The summed E-state index contributed by atoms with van der Waals surface area (Å²) in [6.45, 7) is 6.57. The molecule has 0 spiro atoms. The lowest BCUT2D eigenvalue weighted by atomic mass is 9.76. The van der Waals surface area contributed by atoms with Crippen LogP contribution in [0.1, 0.15) is 37.1 Å². The third-order valence-electron chi connectivity index (χ3n) is 6.96. The minimum atomic E-state index is -3.46. The summed E-state index contributed by atoms with van der Waals surface area (Å²) in [5, 5.41) is 0. The van der Waals surface area contributed by atoms with Crippen LogP contribution in [0.15, 0.2) is 36.8 Å². The molecule has 0 saturated heterocycles. The van der Waals surface area contributed by atoms with Crippen molar-refractivity contribution in [2.75, 3.05) is 48.0 Å². The van der Waals surface area contributed by atoms with Gasteiger partial charge in [-0.05, 0) is 48.4 Å². The van der Waals surface area contributed by atoms with Gasteiger partial charge in [0.15, 0.2) is 5.82 Å². The van der Waals surface area contributed by atoms with Crippen molar-refractivity contribution in [2.24, 2.45) is 5.41 Å². The Morgan fingerprint density at radius 2 is 1.92 bits per heavy atom. The van der Waals surface area contributed by atoms with Crippen molar-refractivity contribution in [1.82, 2.24) is 15.0 Å². The largest absolute Gasteiger partial charge is 0.491 e. The van der Waals surface area contributed by atoms with E-state index in [1.54, 1.807) is 17.4 Å². The third kappa shape index (κ3) is 5.49.